The van der Waals surface area contributed by atoms with E-state index in [1.54, 1.807) is 42.5 Å². The summed E-state index contributed by atoms with van der Waals surface area (Å²) in [4.78, 5) is 38.8. The molecule has 2 aliphatic rings. The Labute approximate surface area is 193 Å². The van der Waals surface area contributed by atoms with Gasteiger partial charge in [-0.05, 0) is 49.2 Å². The van der Waals surface area contributed by atoms with Gasteiger partial charge >= 0.3 is 0 Å². The van der Waals surface area contributed by atoms with Crippen LogP contribution in [0.25, 0.3) is 0 Å². The van der Waals surface area contributed by atoms with Gasteiger partial charge in [0.05, 0.1) is 17.0 Å². The molecule has 2 aromatic carbocycles. The van der Waals surface area contributed by atoms with Crippen LogP contribution in [-0.2, 0) is 24.4 Å². The third-order valence-electron chi connectivity index (χ3n) is 6.13. The van der Waals surface area contributed by atoms with Crippen LogP contribution in [0, 0.1) is 0 Å². The molecule has 0 bridgehead atoms. The number of benzene rings is 2. The zero-order valence-corrected chi connectivity index (χ0v) is 19.3. The van der Waals surface area contributed by atoms with E-state index in [0.29, 0.717) is 24.2 Å². The van der Waals surface area contributed by atoms with Gasteiger partial charge in [0.15, 0.2) is 0 Å². The first-order valence-electron chi connectivity index (χ1n) is 11.1. The smallest absolute Gasteiger partial charge is 0.252 e. The Balaban J connectivity index is 1.67. The van der Waals surface area contributed by atoms with Gasteiger partial charge in [-0.2, -0.15) is 4.31 Å². The summed E-state index contributed by atoms with van der Waals surface area (Å²) in [5.41, 5.74) is 0.889. The van der Waals surface area contributed by atoms with Crippen molar-refractivity contribution < 1.29 is 22.8 Å². The van der Waals surface area contributed by atoms with E-state index < -0.39 is 27.9 Å². The van der Waals surface area contributed by atoms with Crippen molar-refractivity contribution in [3.63, 3.8) is 0 Å². The first-order chi connectivity index (χ1) is 15.8. The van der Waals surface area contributed by atoms with Gasteiger partial charge in [-0.3, -0.25) is 14.4 Å². The number of amides is 3. The molecule has 1 saturated heterocycles. The van der Waals surface area contributed by atoms with E-state index in [1.807, 2.05) is 0 Å². The van der Waals surface area contributed by atoms with Gasteiger partial charge in [0.1, 0.15) is 6.04 Å². The molecule has 1 N–H and O–H groups in total. The number of nitrogens with zero attached hydrogens (tertiary/aromatic N) is 2. The van der Waals surface area contributed by atoms with E-state index >= 15 is 0 Å². The number of carbonyl (C=O) groups excluding carboxylic acids is 3. The number of nitrogens with one attached hydrogen (secondary N) is 1. The van der Waals surface area contributed by atoms with Crippen molar-refractivity contribution in [2.75, 3.05) is 10.2 Å². The van der Waals surface area contributed by atoms with E-state index in [9.17, 15) is 22.8 Å². The topological polar surface area (TPSA) is 104 Å². The Morgan fingerprint density at radius 1 is 0.970 bits per heavy atom. The first-order valence-corrected chi connectivity index (χ1v) is 12.6. The summed E-state index contributed by atoms with van der Waals surface area (Å²) < 4.78 is 28.6. The predicted octanol–water partition coefficient (Wildman–Crippen LogP) is 3.30. The maximum Gasteiger partial charge on any atom is 0.252 e. The van der Waals surface area contributed by atoms with Crippen LogP contribution < -0.4 is 10.2 Å². The van der Waals surface area contributed by atoms with Crippen molar-refractivity contribution in [1.29, 1.82) is 0 Å². The van der Waals surface area contributed by atoms with Crippen LogP contribution in [0.5, 0.6) is 0 Å². The summed E-state index contributed by atoms with van der Waals surface area (Å²) in [7, 11) is -3.98. The molecule has 3 amide bonds. The van der Waals surface area contributed by atoms with Crippen LogP contribution in [0.15, 0.2) is 59.5 Å². The van der Waals surface area contributed by atoms with Gasteiger partial charge in [-0.1, -0.05) is 37.5 Å². The highest BCUT2D eigenvalue weighted by Gasteiger charge is 2.49. The highest BCUT2D eigenvalue weighted by molar-refractivity contribution is 7.89. The number of rotatable bonds is 6. The van der Waals surface area contributed by atoms with Crippen LogP contribution >= 0.6 is 0 Å². The average molecular weight is 470 g/mol. The molecule has 0 aromatic heterocycles. The largest absolute Gasteiger partial charge is 0.326 e. The van der Waals surface area contributed by atoms with Gasteiger partial charge in [0.25, 0.3) is 5.91 Å². The van der Waals surface area contributed by atoms with Gasteiger partial charge < -0.3 is 5.32 Å². The molecule has 2 aromatic rings. The Hall–Kier alpha value is -3.04. The molecule has 1 saturated carbocycles. The van der Waals surface area contributed by atoms with E-state index in [1.165, 1.54) is 23.4 Å². The second-order valence-electron chi connectivity index (χ2n) is 8.46. The summed E-state index contributed by atoms with van der Waals surface area (Å²) in [6, 6.07) is 13.0. The third-order valence-corrected chi connectivity index (χ3v) is 8.10. The van der Waals surface area contributed by atoms with Crippen molar-refractivity contribution >= 4 is 39.1 Å². The summed E-state index contributed by atoms with van der Waals surface area (Å²) in [5.74, 6) is -1.22. The molecule has 33 heavy (non-hydrogen) atoms. The molecule has 9 heteroatoms. The summed E-state index contributed by atoms with van der Waals surface area (Å²) >= 11 is 0. The Kier molecular flexibility index (Phi) is 6.62. The number of sulfonamides is 1. The SMILES string of the molecule is CC(=O)Nc1ccc(N2C(=O)CC(N(C3CCCCC3)S(=O)(=O)c3ccccc3)C2=O)cc1. The minimum atomic E-state index is -3.98. The lowest BCUT2D eigenvalue weighted by atomic mass is 9.94. The van der Waals surface area contributed by atoms with Crippen LogP contribution in [0.1, 0.15) is 45.4 Å². The standard InChI is InChI=1S/C24H27N3O5S/c1-17(28)25-18-12-14-19(15-13-18)26-23(29)16-22(24(26)30)27(20-8-4-2-5-9-20)33(31,32)21-10-6-3-7-11-21/h3,6-7,10-15,20,22H,2,4-5,8-9,16H2,1H3,(H,25,28). The summed E-state index contributed by atoms with van der Waals surface area (Å²) in [6.45, 7) is 1.39. The van der Waals surface area contributed by atoms with E-state index in [4.69, 9.17) is 0 Å². The molecule has 1 aliphatic carbocycles. The quantitative estimate of drug-likeness (QED) is 0.654. The molecule has 0 spiro atoms. The lowest BCUT2D eigenvalue weighted by molar-refractivity contribution is -0.122. The molecule has 1 unspecified atom stereocenters. The number of hydrogen-bond acceptors (Lipinski definition) is 5. The van der Waals surface area contributed by atoms with Crippen molar-refractivity contribution in [3.05, 3.63) is 54.6 Å². The minimum Gasteiger partial charge on any atom is -0.326 e. The third kappa shape index (κ3) is 4.69. The zero-order valence-electron chi connectivity index (χ0n) is 18.4. The van der Waals surface area contributed by atoms with E-state index in [2.05, 4.69) is 5.32 Å². The van der Waals surface area contributed by atoms with Crippen molar-refractivity contribution in [3.8, 4) is 0 Å². The molecular formula is C24H27N3O5S. The molecule has 174 valence electrons. The van der Waals surface area contributed by atoms with Crippen molar-refractivity contribution in [1.82, 2.24) is 4.31 Å². The van der Waals surface area contributed by atoms with Gasteiger partial charge in [0.2, 0.25) is 21.8 Å². The average Bonchev–Trinajstić information content (AvgIpc) is 3.09. The number of hydrogen-bond donors (Lipinski definition) is 1. The number of anilines is 2. The predicted molar refractivity (Wildman–Crippen MR) is 124 cm³/mol. The second-order valence-corrected chi connectivity index (χ2v) is 10.3. The fourth-order valence-corrected chi connectivity index (χ4v) is 6.50. The Morgan fingerprint density at radius 2 is 1.61 bits per heavy atom. The molecule has 2 fully saturated rings. The maximum atomic E-state index is 13.7. The number of carbonyl (C=O) groups is 3. The van der Waals surface area contributed by atoms with Crippen molar-refractivity contribution in [2.45, 2.75) is 62.4 Å². The van der Waals surface area contributed by atoms with Gasteiger partial charge in [-0.15, -0.1) is 0 Å². The fraction of sp³-hybridized carbons (Fsp3) is 0.375. The van der Waals surface area contributed by atoms with E-state index in [0.717, 1.165) is 24.2 Å². The van der Waals surface area contributed by atoms with E-state index in [-0.39, 0.29) is 23.3 Å². The molecule has 8 nitrogen and oxygen atoms in total. The molecule has 1 aliphatic heterocycles. The fourth-order valence-electron chi connectivity index (χ4n) is 4.65. The Bertz CT molecular complexity index is 1140. The lowest BCUT2D eigenvalue weighted by Crippen LogP contribution is -2.51. The highest BCUT2D eigenvalue weighted by atomic mass is 32.2. The lowest BCUT2D eigenvalue weighted by Gasteiger charge is -2.36. The highest BCUT2D eigenvalue weighted by Crippen LogP contribution is 2.35. The molecule has 1 atom stereocenters. The molecule has 0 radical (unpaired) electrons. The summed E-state index contributed by atoms with van der Waals surface area (Å²) in [6.07, 6.45) is 3.92. The van der Waals surface area contributed by atoms with Crippen LogP contribution in [0.2, 0.25) is 0 Å². The monoisotopic (exact) mass is 469 g/mol. The molecule has 4 rings (SSSR count). The van der Waals surface area contributed by atoms with Crippen molar-refractivity contribution in [2.24, 2.45) is 0 Å². The van der Waals surface area contributed by atoms with Crippen LogP contribution in [0.3, 0.4) is 0 Å². The minimum absolute atomic E-state index is 0.119. The number of imide groups is 1. The van der Waals surface area contributed by atoms with Gasteiger partial charge in [-0.25, -0.2) is 13.3 Å². The summed E-state index contributed by atoms with van der Waals surface area (Å²) in [5, 5.41) is 2.64. The van der Waals surface area contributed by atoms with Crippen LogP contribution in [0.4, 0.5) is 11.4 Å². The normalized spacial score (nSPS) is 19.8. The van der Waals surface area contributed by atoms with Gasteiger partial charge in [0, 0.05) is 18.7 Å². The Morgan fingerprint density at radius 3 is 2.21 bits per heavy atom. The first kappa shape index (κ1) is 23.1. The maximum absolute atomic E-state index is 13.7. The zero-order chi connectivity index (χ0) is 23.6. The molecule has 1 heterocycles. The molecular weight excluding hydrogens is 442 g/mol. The van der Waals surface area contributed by atoms with Crippen LogP contribution in [-0.4, -0.2) is 42.5 Å². The second kappa shape index (κ2) is 9.44.